The van der Waals surface area contributed by atoms with E-state index in [1.165, 1.54) is 6.07 Å². The molecule has 7 heteroatoms. The highest BCUT2D eigenvalue weighted by atomic mass is 35.5. The number of benzene rings is 2. The second kappa shape index (κ2) is 6.12. The number of rotatable bonds is 3. The van der Waals surface area contributed by atoms with Crippen LogP contribution >= 0.6 is 23.2 Å². The summed E-state index contributed by atoms with van der Waals surface area (Å²) in [5.74, 6) is -4.89. The van der Waals surface area contributed by atoms with E-state index in [9.17, 15) is 17.6 Å². The van der Waals surface area contributed by atoms with Gasteiger partial charge in [-0.1, -0.05) is 23.2 Å². The lowest BCUT2D eigenvalue weighted by molar-refractivity contribution is 0.447. The molecule has 1 unspecified atom stereocenters. The van der Waals surface area contributed by atoms with Crippen LogP contribution in [0.15, 0.2) is 24.3 Å². The van der Waals surface area contributed by atoms with Gasteiger partial charge in [-0.15, -0.1) is 0 Å². The zero-order chi connectivity index (χ0) is 15.7. The molecule has 112 valence electrons. The van der Waals surface area contributed by atoms with Gasteiger partial charge in [0.05, 0.1) is 11.1 Å². The Balaban J connectivity index is 2.35. The molecule has 2 rings (SSSR count). The first-order chi connectivity index (χ1) is 9.81. The summed E-state index contributed by atoms with van der Waals surface area (Å²) in [6.45, 7) is 1.58. The summed E-state index contributed by atoms with van der Waals surface area (Å²) in [4.78, 5) is 0. The lowest BCUT2D eigenvalue weighted by Gasteiger charge is -2.19. The molecule has 1 nitrogen and oxygen atoms in total. The van der Waals surface area contributed by atoms with E-state index >= 15 is 0 Å². The van der Waals surface area contributed by atoms with Gasteiger partial charge in [0, 0.05) is 28.4 Å². The monoisotopic (exact) mass is 337 g/mol. The number of anilines is 1. The first-order valence-electron chi connectivity index (χ1n) is 5.85. The third-order valence-electron chi connectivity index (χ3n) is 2.88. The summed E-state index contributed by atoms with van der Waals surface area (Å²) in [7, 11) is 0. The third kappa shape index (κ3) is 3.24. The molecule has 1 N–H and O–H groups in total. The van der Waals surface area contributed by atoms with E-state index in [0.717, 1.165) is 18.2 Å². The quantitative estimate of drug-likeness (QED) is 0.429. The van der Waals surface area contributed by atoms with Crippen molar-refractivity contribution in [1.29, 1.82) is 0 Å². The van der Waals surface area contributed by atoms with Gasteiger partial charge < -0.3 is 5.32 Å². The van der Waals surface area contributed by atoms with Gasteiger partial charge >= 0.3 is 0 Å². The maximum absolute atomic E-state index is 13.5. The zero-order valence-corrected chi connectivity index (χ0v) is 12.2. The maximum Gasteiger partial charge on any atom is 0.194 e. The molecule has 0 aliphatic rings. The standard InChI is InChI=1S/C14H9Cl2F4N/c1-6(12-8(15)2-3-9(17)13(12)16)21-7-4-10(18)14(20)11(19)5-7/h2-6,21H,1H3. The molecule has 0 radical (unpaired) electrons. The third-order valence-corrected chi connectivity index (χ3v) is 3.59. The van der Waals surface area contributed by atoms with Crippen molar-refractivity contribution in [2.45, 2.75) is 13.0 Å². The van der Waals surface area contributed by atoms with Crippen molar-refractivity contribution in [3.05, 3.63) is 63.1 Å². The Bertz CT molecular complexity index is 668. The van der Waals surface area contributed by atoms with Crippen molar-refractivity contribution < 1.29 is 17.6 Å². The average molecular weight is 338 g/mol. The van der Waals surface area contributed by atoms with Gasteiger partial charge in [-0.05, 0) is 19.1 Å². The predicted octanol–water partition coefficient (Wildman–Crippen LogP) is 5.72. The van der Waals surface area contributed by atoms with Crippen molar-refractivity contribution in [3.8, 4) is 0 Å². The van der Waals surface area contributed by atoms with Crippen molar-refractivity contribution in [1.82, 2.24) is 0 Å². The average Bonchev–Trinajstić information content (AvgIpc) is 2.40. The molecule has 2 aromatic carbocycles. The Morgan fingerprint density at radius 3 is 2.10 bits per heavy atom. The van der Waals surface area contributed by atoms with Crippen LogP contribution in [-0.2, 0) is 0 Å². The largest absolute Gasteiger partial charge is 0.378 e. The molecule has 21 heavy (non-hydrogen) atoms. The normalized spacial score (nSPS) is 12.3. The van der Waals surface area contributed by atoms with Gasteiger partial charge in [0.1, 0.15) is 5.82 Å². The van der Waals surface area contributed by atoms with E-state index in [1.807, 2.05) is 0 Å². The van der Waals surface area contributed by atoms with E-state index in [-0.39, 0.29) is 21.3 Å². The fourth-order valence-electron chi connectivity index (χ4n) is 1.90. The van der Waals surface area contributed by atoms with Gasteiger partial charge in [0.2, 0.25) is 0 Å². The molecule has 0 heterocycles. The molecule has 0 amide bonds. The van der Waals surface area contributed by atoms with Crippen molar-refractivity contribution in [2.24, 2.45) is 0 Å². The van der Waals surface area contributed by atoms with Crippen molar-refractivity contribution in [3.63, 3.8) is 0 Å². The van der Waals surface area contributed by atoms with Gasteiger partial charge in [-0.3, -0.25) is 0 Å². The number of hydrogen-bond acceptors (Lipinski definition) is 1. The predicted molar refractivity (Wildman–Crippen MR) is 74.8 cm³/mol. The highest BCUT2D eigenvalue weighted by Gasteiger charge is 2.18. The van der Waals surface area contributed by atoms with Crippen LogP contribution in [0.5, 0.6) is 0 Å². The van der Waals surface area contributed by atoms with E-state index in [4.69, 9.17) is 23.2 Å². The van der Waals surface area contributed by atoms with Gasteiger partial charge in [-0.2, -0.15) is 0 Å². The highest BCUT2D eigenvalue weighted by molar-refractivity contribution is 6.36. The molecule has 0 spiro atoms. The molecule has 0 aromatic heterocycles. The van der Waals surface area contributed by atoms with Crippen LogP contribution in [-0.4, -0.2) is 0 Å². The first kappa shape index (κ1) is 15.9. The molecule has 0 fully saturated rings. The molecular weight excluding hydrogens is 329 g/mol. The van der Waals surface area contributed by atoms with Crippen LogP contribution in [0.25, 0.3) is 0 Å². The molecule has 1 atom stereocenters. The molecular formula is C14H9Cl2F4N. The summed E-state index contributed by atoms with van der Waals surface area (Å²) < 4.78 is 52.6. The van der Waals surface area contributed by atoms with E-state index in [2.05, 4.69) is 5.32 Å². The first-order valence-corrected chi connectivity index (χ1v) is 6.61. The van der Waals surface area contributed by atoms with Crippen LogP contribution in [0.2, 0.25) is 10.0 Å². The lowest BCUT2D eigenvalue weighted by atomic mass is 10.1. The number of nitrogens with one attached hydrogen (secondary N) is 1. The molecule has 0 aliphatic heterocycles. The van der Waals surface area contributed by atoms with Gasteiger partial charge in [0.15, 0.2) is 17.5 Å². The van der Waals surface area contributed by atoms with Gasteiger partial charge in [-0.25, -0.2) is 17.6 Å². The van der Waals surface area contributed by atoms with E-state index in [1.54, 1.807) is 6.92 Å². The summed E-state index contributed by atoms with van der Waals surface area (Å²) in [5.41, 5.74) is 0.221. The fourth-order valence-corrected chi connectivity index (χ4v) is 2.60. The molecule has 0 aliphatic carbocycles. The molecule has 0 saturated heterocycles. The summed E-state index contributed by atoms with van der Waals surface area (Å²) in [5, 5.41) is 2.70. The number of hydrogen-bond donors (Lipinski definition) is 1. The van der Waals surface area contributed by atoms with E-state index in [0.29, 0.717) is 0 Å². The minimum Gasteiger partial charge on any atom is -0.378 e. The minimum absolute atomic E-state index is 0.0182. The Kier molecular flexibility index (Phi) is 4.64. The summed E-state index contributed by atoms with van der Waals surface area (Å²) in [6, 6.07) is 3.36. The topological polar surface area (TPSA) is 12.0 Å². The summed E-state index contributed by atoms with van der Waals surface area (Å²) >= 11 is 11.8. The Labute approximate surface area is 128 Å². The molecule has 0 bridgehead atoms. The molecule has 2 aromatic rings. The zero-order valence-electron chi connectivity index (χ0n) is 10.7. The van der Waals surface area contributed by atoms with Crippen LogP contribution in [0.4, 0.5) is 23.2 Å². The van der Waals surface area contributed by atoms with Crippen LogP contribution < -0.4 is 5.32 Å². The van der Waals surface area contributed by atoms with Crippen molar-refractivity contribution in [2.75, 3.05) is 5.32 Å². The Hall–Kier alpha value is -1.46. The fraction of sp³-hybridized carbons (Fsp3) is 0.143. The second-order valence-electron chi connectivity index (χ2n) is 4.38. The van der Waals surface area contributed by atoms with Crippen LogP contribution in [0, 0.1) is 23.3 Å². The minimum atomic E-state index is -1.56. The lowest BCUT2D eigenvalue weighted by Crippen LogP contribution is -2.09. The van der Waals surface area contributed by atoms with Crippen LogP contribution in [0.3, 0.4) is 0 Å². The second-order valence-corrected chi connectivity index (χ2v) is 5.16. The van der Waals surface area contributed by atoms with Crippen molar-refractivity contribution >= 4 is 28.9 Å². The number of halogens is 6. The highest BCUT2D eigenvalue weighted by Crippen LogP contribution is 2.34. The van der Waals surface area contributed by atoms with E-state index < -0.39 is 29.3 Å². The Morgan fingerprint density at radius 1 is 0.952 bits per heavy atom. The smallest absolute Gasteiger partial charge is 0.194 e. The summed E-state index contributed by atoms with van der Waals surface area (Å²) in [6.07, 6.45) is 0. The maximum atomic E-state index is 13.5. The van der Waals surface area contributed by atoms with Crippen LogP contribution in [0.1, 0.15) is 18.5 Å². The molecule has 0 saturated carbocycles. The SMILES string of the molecule is CC(Nc1cc(F)c(F)c(F)c1)c1c(Cl)ccc(F)c1Cl. The van der Waals surface area contributed by atoms with Gasteiger partial charge in [0.25, 0.3) is 0 Å². The Morgan fingerprint density at radius 2 is 1.52 bits per heavy atom.